The third-order valence-electron chi connectivity index (χ3n) is 6.00. The van der Waals surface area contributed by atoms with E-state index >= 15 is 0 Å². The van der Waals surface area contributed by atoms with Gasteiger partial charge in [-0.25, -0.2) is 21.6 Å². The summed E-state index contributed by atoms with van der Waals surface area (Å²) in [6, 6.07) is 9.76. The predicted octanol–water partition coefficient (Wildman–Crippen LogP) is 4.36. The lowest BCUT2D eigenvalue weighted by molar-refractivity contribution is -0.140. The first-order valence-corrected chi connectivity index (χ1v) is 16.4. The Bertz CT molecular complexity index is 1410. The molecular formula is C24H27N3O7S4. The van der Waals surface area contributed by atoms with Gasteiger partial charge in [0.2, 0.25) is 0 Å². The second-order valence-electron chi connectivity index (χ2n) is 8.88. The van der Waals surface area contributed by atoms with E-state index in [0.29, 0.717) is 0 Å². The molecule has 38 heavy (non-hydrogen) atoms. The molecule has 2 N–H and O–H groups in total. The summed E-state index contributed by atoms with van der Waals surface area (Å²) < 4.78 is 61.2. The number of piperidine rings is 1. The highest BCUT2D eigenvalue weighted by molar-refractivity contribution is 7.95. The molecule has 1 amide bonds. The number of hydrogen-bond acceptors (Lipinski definition) is 9. The van der Waals surface area contributed by atoms with Gasteiger partial charge in [0.1, 0.15) is 8.42 Å². The van der Waals surface area contributed by atoms with Gasteiger partial charge in [-0.1, -0.05) is 12.1 Å². The van der Waals surface area contributed by atoms with Gasteiger partial charge >= 0.3 is 5.97 Å². The number of anilines is 2. The number of likely N-dealkylation sites (tertiary alicyclic amines) is 1. The molecule has 1 aliphatic rings. The van der Waals surface area contributed by atoms with Gasteiger partial charge in [-0.05, 0) is 74.2 Å². The molecule has 0 spiro atoms. The number of esters is 1. The Morgan fingerprint density at radius 2 is 1.39 bits per heavy atom. The number of rotatable bonds is 9. The van der Waals surface area contributed by atoms with Crippen LogP contribution in [0, 0.1) is 0 Å². The molecule has 2 aromatic heterocycles. The quantitative estimate of drug-likeness (QED) is 0.350. The minimum absolute atomic E-state index is 0.0261. The second-order valence-corrected chi connectivity index (χ2v) is 14.6. The fourth-order valence-corrected chi connectivity index (χ4v) is 8.37. The van der Waals surface area contributed by atoms with Crippen LogP contribution in [0.2, 0.25) is 0 Å². The van der Waals surface area contributed by atoms with Crippen LogP contribution in [-0.2, 0) is 29.6 Å². The molecule has 2 unspecified atom stereocenters. The van der Waals surface area contributed by atoms with Gasteiger partial charge in [-0.15, -0.1) is 22.7 Å². The SMILES string of the molecule is CC1CCCC(C)N1C(=O)COC(=O)c1cc(NS(=O)(=O)c2cccs2)cc(NS(=O)(=O)c2cccs2)c1. The van der Waals surface area contributed by atoms with Crippen LogP contribution in [0.15, 0.2) is 61.6 Å². The van der Waals surface area contributed by atoms with Crippen molar-refractivity contribution in [2.24, 2.45) is 0 Å². The molecule has 3 aromatic rings. The minimum atomic E-state index is -3.99. The van der Waals surface area contributed by atoms with Crippen molar-refractivity contribution in [2.75, 3.05) is 16.1 Å². The molecule has 0 radical (unpaired) electrons. The number of ether oxygens (including phenoxy) is 1. The third kappa shape index (κ3) is 6.54. The van der Waals surface area contributed by atoms with Crippen LogP contribution in [-0.4, -0.2) is 52.3 Å². The average Bonchev–Trinajstić information content (AvgIpc) is 3.57. The molecule has 1 saturated heterocycles. The molecular weight excluding hydrogens is 571 g/mol. The lowest BCUT2D eigenvalue weighted by atomic mass is 9.97. The summed E-state index contributed by atoms with van der Waals surface area (Å²) in [7, 11) is -7.98. The fourth-order valence-electron chi connectivity index (χ4n) is 4.31. The van der Waals surface area contributed by atoms with E-state index < -0.39 is 32.6 Å². The Kier molecular flexibility index (Phi) is 8.45. The van der Waals surface area contributed by atoms with E-state index in [9.17, 15) is 26.4 Å². The normalized spacial score (nSPS) is 18.1. The first kappa shape index (κ1) is 28.1. The van der Waals surface area contributed by atoms with Gasteiger partial charge in [0.25, 0.3) is 26.0 Å². The fraction of sp³-hybridized carbons (Fsp3) is 0.333. The average molecular weight is 598 g/mol. The van der Waals surface area contributed by atoms with Crippen molar-refractivity contribution in [2.45, 2.75) is 53.6 Å². The third-order valence-corrected chi connectivity index (χ3v) is 11.6. The van der Waals surface area contributed by atoms with Gasteiger partial charge in [0.05, 0.1) is 16.9 Å². The number of hydrogen-bond donors (Lipinski definition) is 2. The van der Waals surface area contributed by atoms with Crippen molar-refractivity contribution in [3.63, 3.8) is 0 Å². The van der Waals surface area contributed by atoms with Crippen LogP contribution in [0.1, 0.15) is 43.5 Å². The molecule has 1 fully saturated rings. The van der Waals surface area contributed by atoms with Gasteiger partial charge in [0, 0.05) is 12.1 Å². The topological polar surface area (TPSA) is 139 Å². The number of sulfonamides is 2. The molecule has 1 aliphatic heterocycles. The first-order chi connectivity index (χ1) is 18.0. The summed E-state index contributed by atoms with van der Waals surface area (Å²) in [6.45, 7) is 3.41. The number of carbonyl (C=O) groups excluding carboxylic acids is 2. The zero-order valence-corrected chi connectivity index (χ0v) is 23.9. The Balaban J connectivity index is 1.59. The Morgan fingerprint density at radius 1 is 0.895 bits per heavy atom. The summed E-state index contributed by atoms with van der Waals surface area (Å²) in [5, 5.41) is 3.20. The lowest BCUT2D eigenvalue weighted by Gasteiger charge is -2.38. The number of amides is 1. The smallest absolute Gasteiger partial charge is 0.338 e. The van der Waals surface area contributed by atoms with E-state index in [4.69, 9.17) is 4.74 Å². The van der Waals surface area contributed by atoms with E-state index in [1.165, 1.54) is 30.3 Å². The maximum atomic E-state index is 12.9. The predicted molar refractivity (Wildman–Crippen MR) is 147 cm³/mol. The van der Waals surface area contributed by atoms with E-state index in [0.717, 1.165) is 41.9 Å². The number of nitrogens with zero attached hydrogens (tertiary/aromatic N) is 1. The van der Waals surface area contributed by atoms with Crippen molar-refractivity contribution in [1.82, 2.24) is 4.90 Å². The maximum Gasteiger partial charge on any atom is 0.338 e. The molecule has 204 valence electrons. The summed E-state index contributed by atoms with van der Waals surface area (Å²) in [5.74, 6) is -1.23. The van der Waals surface area contributed by atoms with Crippen LogP contribution in [0.3, 0.4) is 0 Å². The van der Waals surface area contributed by atoms with Crippen molar-refractivity contribution >= 4 is 66.0 Å². The maximum absolute atomic E-state index is 12.9. The van der Waals surface area contributed by atoms with E-state index in [2.05, 4.69) is 9.44 Å². The number of thiophene rings is 2. The number of carbonyl (C=O) groups is 2. The Hall–Kier alpha value is -2.94. The second kappa shape index (κ2) is 11.4. The zero-order valence-electron chi connectivity index (χ0n) is 20.6. The molecule has 0 saturated carbocycles. The van der Waals surface area contributed by atoms with Gasteiger partial charge < -0.3 is 9.64 Å². The van der Waals surface area contributed by atoms with Gasteiger partial charge in [0.15, 0.2) is 6.61 Å². The minimum Gasteiger partial charge on any atom is -0.452 e. The highest BCUT2D eigenvalue weighted by atomic mass is 32.3. The number of benzene rings is 1. The standard InChI is InChI=1S/C24H27N3O7S4/c1-16-6-3-7-17(2)27(16)21(28)15-34-24(29)18-12-19(25-37(30,31)22-8-4-10-35-22)14-20(13-18)26-38(32,33)23-9-5-11-36-23/h4-5,8-14,16-17,25-26H,3,6-7,15H2,1-2H3. The van der Waals surface area contributed by atoms with Crippen LogP contribution in [0.5, 0.6) is 0 Å². The van der Waals surface area contributed by atoms with Gasteiger partial charge in [-0.3, -0.25) is 14.2 Å². The largest absolute Gasteiger partial charge is 0.452 e. The molecule has 1 aromatic carbocycles. The molecule has 0 aliphatic carbocycles. The summed E-state index contributed by atoms with van der Waals surface area (Å²) in [5.41, 5.74) is -0.240. The molecule has 10 nitrogen and oxygen atoms in total. The first-order valence-electron chi connectivity index (χ1n) is 11.7. The summed E-state index contributed by atoms with van der Waals surface area (Å²) >= 11 is 2.01. The van der Waals surface area contributed by atoms with Crippen LogP contribution in [0.4, 0.5) is 11.4 Å². The summed E-state index contributed by atoms with van der Waals surface area (Å²) in [4.78, 5) is 27.5. The zero-order chi connectivity index (χ0) is 27.5. The highest BCUT2D eigenvalue weighted by Crippen LogP contribution is 2.28. The molecule has 4 rings (SSSR count). The number of nitrogens with one attached hydrogen (secondary N) is 2. The molecule has 14 heteroatoms. The van der Waals surface area contributed by atoms with E-state index in [-0.39, 0.29) is 43.3 Å². The lowest BCUT2D eigenvalue weighted by Crippen LogP contribution is -2.49. The van der Waals surface area contributed by atoms with Crippen molar-refractivity contribution < 1.29 is 31.2 Å². The van der Waals surface area contributed by atoms with Crippen molar-refractivity contribution in [3.8, 4) is 0 Å². The van der Waals surface area contributed by atoms with Crippen molar-refractivity contribution in [3.05, 3.63) is 58.8 Å². The van der Waals surface area contributed by atoms with Crippen LogP contribution < -0.4 is 9.44 Å². The Morgan fingerprint density at radius 3 is 1.84 bits per heavy atom. The molecule has 0 bridgehead atoms. The molecule has 3 heterocycles. The van der Waals surface area contributed by atoms with Crippen LogP contribution in [0.25, 0.3) is 0 Å². The van der Waals surface area contributed by atoms with Crippen molar-refractivity contribution in [1.29, 1.82) is 0 Å². The highest BCUT2D eigenvalue weighted by Gasteiger charge is 2.29. The summed E-state index contributed by atoms with van der Waals surface area (Å²) in [6.07, 6.45) is 2.75. The van der Waals surface area contributed by atoms with E-state index in [1.807, 2.05) is 13.8 Å². The molecule has 2 atom stereocenters. The van der Waals surface area contributed by atoms with Crippen LogP contribution >= 0.6 is 22.7 Å². The monoisotopic (exact) mass is 597 g/mol. The van der Waals surface area contributed by atoms with Gasteiger partial charge in [-0.2, -0.15) is 0 Å². The van der Waals surface area contributed by atoms with E-state index in [1.54, 1.807) is 27.8 Å². The Labute approximate surface area is 229 Å².